The molecule has 1 heterocycles. The highest BCUT2D eigenvalue weighted by Gasteiger charge is 2.23. The second-order valence-corrected chi connectivity index (χ2v) is 6.08. The molecule has 1 amide bonds. The van der Waals surface area contributed by atoms with Crippen molar-refractivity contribution in [1.82, 2.24) is 4.90 Å². The summed E-state index contributed by atoms with van der Waals surface area (Å²) < 4.78 is 6.03. The van der Waals surface area contributed by atoms with Gasteiger partial charge in [0.1, 0.15) is 4.88 Å². The van der Waals surface area contributed by atoms with Gasteiger partial charge in [-0.1, -0.05) is 0 Å². The molecule has 1 N–H and O–H groups in total. The topological polar surface area (TPSA) is 66.8 Å². The van der Waals surface area contributed by atoms with Gasteiger partial charge in [0.25, 0.3) is 5.91 Å². The molecule has 106 valence electrons. The van der Waals surface area contributed by atoms with Crippen molar-refractivity contribution in [2.75, 3.05) is 20.7 Å². The van der Waals surface area contributed by atoms with Crippen molar-refractivity contribution in [3.8, 4) is 5.75 Å². The molecule has 0 atom stereocenters. The molecule has 5 nitrogen and oxygen atoms in total. The normalized spacial score (nSPS) is 10.3. The maximum Gasteiger partial charge on any atom is 0.303 e. The van der Waals surface area contributed by atoms with E-state index in [9.17, 15) is 9.59 Å². The number of ether oxygens (including phenoxy) is 1. The van der Waals surface area contributed by atoms with Gasteiger partial charge in [-0.3, -0.25) is 9.59 Å². The van der Waals surface area contributed by atoms with Crippen LogP contribution >= 0.6 is 27.3 Å². The first-order chi connectivity index (χ1) is 8.88. The molecule has 0 aliphatic rings. The van der Waals surface area contributed by atoms with E-state index >= 15 is 0 Å². The Kier molecular flexibility index (Phi) is 5.81. The van der Waals surface area contributed by atoms with Crippen LogP contribution in [0.15, 0.2) is 4.47 Å². The van der Waals surface area contributed by atoms with Crippen LogP contribution in [0.25, 0.3) is 0 Å². The summed E-state index contributed by atoms with van der Waals surface area (Å²) in [6.07, 6.45) is 0.493. The van der Waals surface area contributed by atoms with Gasteiger partial charge >= 0.3 is 5.97 Å². The van der Waals surface area contributed by atoms with Crippen LogP contribution in [-0.4, -0.2) is 42.6 Å². The number of carbonyl (C=O) groups excluding carboxylic acids is 1. The molecule has 0 unspecified atom stereocenters. The Morgan fingerprint density at radius 3 is 2.63 bits per heavy atom. The molecule has 19 heavy (non-hydrogen) atoms. The molecule has 0 radical (unpaired) electrons. The number of carboxylic acid groups (broad SMARTS) is 1. The first-order valence-corrected chi connectivity index (χ1v) is 7.29. The lowest BCUT2D eigenvalue weighted by Crippen LogP contribution is -2.27. The van der Waals surface area contributed by atoms with Gasteiger partial charge in [0.15, 0.2) is 5.75 Å². The number of aryl methyl sites for hydroxylation is 1. The molecule has 7 heteroatoms. The van der Waals surface area contributed by atoms with E-state index in [1.165, 1.54) is 23.3 Å². The molecular weight excluding hydrogens is 334 g/mol. The molecule has 0 spiro atoms. The van der Waals surface area contributed by atoms with Crippen molar-refractivity contribution >= 4 is 39.1 Å². The summed E-state index contributed by atoms with van der Waals surface area (Å²) in [7, 11) is 3.18. The number of hydrogen-bond donors (Lipinski definition) is 1. The van der Waals surface area contributed by atoms with E-state index in [2.05, 4.69) is 15.9 Å². The van der Waals surface area contributed by atoms with Crippen molar-refractivity contribution in [3.63, 3.8) is 0 Å². The molecule has 0 aliphatic carbocycles. The number of thiophene rings is 1. The average Bonchev–Trinajstić information content (AvgIpc) is 2.63. The fraction of sp³-hybridized carbons (Fsp3) is 0.500. The minimum atomic E-state index is -0.854. The number of amides is 1. The van der Waals surface area contributed by atoms with Crippen LogP contribution in [0, 0.1) is 6.92 Å². The van der Waals surface area contributed by atoms with Crippen LogP contribution in [0.4, 0.5) is 0 Å². The highest BCUT2D eigenvalue weighted by Crippen LogP contribution is 2.39. The number of halogens is 1. The molecule has 0 saturated heterocycles. The molecular formula is C12H16BrNO4S. The highest BCUT2D eigenvalue weighted by molar-refractivity contribution is 9.10. The van der Waals surface area contributed by atoms with Gasteiger partial charge in [0.2, 0.25) is 0 Å². The van der Waals surface area contributed by atoms with Gasteiger partial charge in [-0.25, -0.2) is 0 Å². The van der Waals surface area contributed by atoms with E-state index in [0.29, 0.717) is 23.6 Å². The lowest BCUT2D eigenvalue weighted by molar-refractivity contribution is -0.137. The van der Waals surface area contributed by atoms with Crippen LogP contribution < -0.4 is 4.74 Å². The molecule has 1 aromatic heterocycles. The fourth-order valence-corrected chi connectivity index (χ4v) is 3.31. The van der Waals surface area contributed by atoms with E-state index in [1.54, 1.807) is 7.05 Å². The van der Waals surface area contributed by atoms with Crippen LogP contribution in [-0.2, 0) is 4.79 Å². The van der Waals surface area contributed by atoms with Crippen LogP contribution in [0.3, 0.4) is 0 Å². The molecule has 0 bridgehead atoms. The molecule has 0 aliphatic heterocycles. The summed E-state index contributed by atoms with van der Waals surface area (Å²) in [6.45, 7) is 2.31. The first kappa shape index (κ1) is 16.0. The van der Waals surface area contributed by atoms with Gasteiger partial charge in [-0.15, -0.1) is 11.3 Å². The third-order valence-corrected chi connectivity index (χ3v) is 4.89. The molecule has 0 fully saturated rings. The zero-order valence-electron chi connectivity index (χ0n) is 11.0. The minimum absolute atomic E-state index is 0.0575. The smallest absolute Gasteiger partial charge is 0.303 e. The zero-order valence-corrected chi connectivity index (χ0v) is 13.4. The van der Waals surface area contributed by atoms with Crippen molar-refractivity contribution < 1.29 is 19.4 Å². The van der Waals surface area contributed by atoms with E-state index < -0.39 is 5.97 Å². The predicted octanol–water partition coefficient (Wildman–Crippen LogP) is 2.76. The Labute approximate surface area is 124 Å². The van der Waals surface area contributed by atoms with E-state index in [1.807, 2.05) is 6.92 Å². The lowest BCUT2D eigenvalue weighted by Gasteiger charge is -2.16. The van der Waals surface area contributed by atoms with Crippen LogP contribution in [0.5, 0.6) is 5.75 Å². The van der Waals surface area contributed by atoms with E-state index in [0.717, 1.165) is 9.35 Å². The first-order valence-electron chi connectivity index (χ1n) is 5.68. The Morgan fingerprint density at radius 2 is 2.11 bits per heavy atom. The maximum atomic E-state index is 12.3. The molecule has 1 rings (SSSR count). The van der Waals surface area contributed by atoms with Crippen molar-refractivity contribution in [2.45, 2.75) is 19.8 Å². The SMILES string of the molecule is COc1c(C(=O)N(C)CCCC(=O)O)sc(C)c1Br. The van der Waals surface area contributed by atoms with Gasteiger partial charge in [-0.2, -0.15) is 0 Å². The lowest BCUT2D eigenvalue weighted by atomic mass is 10.3. The summed E-state index contributed by atoms with van der Waals surface area (Å²) in [5.74, 6) is -0.466. The monoisotopic (exact) mass is 349 g/mol. The number of aliphatic carboxylic acids is 1. The average molecular weight is 350 g/mol. The second kappa shape index (κ2) is 6.91. The molecule has 1 aromatic rings. The standard InChI is InChI=1S/C12H16BrNO4S/c1-7-9(13)10(18-3)11(19-7)12(17)14(2)6-4-5-8(15)16/h4-6H2,1-3H3,(H,15,16). The van der Waals surface area contributed by atoms with Crippen molar-refractivity contribution in [1.29, 1.82) is 0 Å². The number of rotatable bonds is 6. The highest BCUT2D eigenvalue weighted by atomic mass is 79.9. The Bertz CT molecular complexity index is 486. The third-order valence-electron chi connectivity index (χ3n) is 2.60. The van der Waals surface area contributed by atoms with Gasteiger partial charge in [0.05, 0.1) is 11.6 Å². The second-order valence-electron chi connectivity index (χ2n) is 4.06. The predicted molar refractivity (Wildman–Crippen MR) is 77.1 cm³/mol. The zero-order chi connectivity index (χ0) is 14.6. The third kappa shape index (κ3) is 3.94. The van der Waals surface area contributed by atoms with Gasteiger partial charge < -0.3 is 14.7 Å². The largest absolute Gasteiger partial charge is 0.494 e. The van der Waals surface area contributed by atoms with Crippen LogP contribution in [0.2, 0.25) is 0 Å². The summed E-state index contributed by atoms with van der Waals surface area (Å²) in [6, 6.07) is 0. The van der Waals surface area contributed by atoms with Crippen LogP contribution in [0.1, 0.15) is 27.4 Å². The van der Waals surface area contributed by atoms with E-state index in [4.69, 9.17) is 9.84 Å². The Balaban J connectivity index is 2.77. The number of carbonyl (C=O) groups is 2. The number of methoxy groups -OCH3 is 1. The summed E-state index contributed by atoms with van der Waals surface area (Å²) in [5, 5.41) is 8.58. The Morgan fingerprint density at radius 1 is 1.47 bits per heavy atom. The number of hydrogen-bond acceptors (Lipinski definition) is 4. The molecule has 0 aromatic carbocycles. The fourth-order valence-electron chi connectivity index (χ4n) is 1.57. The summed E-state index contributed by atoms with van der Waals surface area (Å²) in [4.78, 5) is 25.7. The summed E-state index contributed by atoms with van der Waals surface area (Å²) >= 11 is 4.75. The maximum absolute atomic E-state index is 12.3. The molecule has 0 saturated carbocycles. The summed E-state index contributed by atoms with van der Waals surface area (Å²) in [5.41, 5.74) is 0. The quantitative estimate of drug-likeness (QED) is 0.857. The van der Waals surface area contributed by atoms with Crippen molar-refractivity contribution in [3.05, 3.63) is 14.2 Å². The Hall–Kier alpha value is -1.08. The number of carboxylic acids is 1. The van der Waals surface area contributed by atoms with E-state index in [-0.39, 0.29) is 12.3 Å². The van der Waals surface area contributed by atoms with Gasteiger partial charge in [0, 0.05) is 24.9 Å². The minimum Gasteiger partial charge on any atom is -0.494 e. The van der Waals surface area contributed by atoms with Gasteiger partial charge in [-0.05, 0) is 29.3 Å². The van der Waals surface area contributed by atoms with Crippen molar-refractivity contribution in [2.24, 2.45) is 0 Å². The number of nitrogens with zero attached hydrogens (tertiary/aromatic N) is 1.